The number of alkyl halides is 2. The number of carbonyl (C=O) groups is 1. The molecule has 0 spiro atoms. The van der Waals surface area contributed by atoms with Gasteiger partial charge in [-0.15, -0.1) is 0 Å². The van der Waals surface area contributed by atoms with Gasteiger partial charge in [-0.1, -0.05) is 11.2 Å². The van der Waals surface area contributed by atoms with Crippen LogP contribution in [0.1, 0.15) is 11.5 Å². The number of carbonyl (C=O) groups excluding carboxylic acids is 1. The van der Waals surface area contributed by atoms with Crippen molar-refractivity contribution in [2.24, 2.45) is 0 Å². The Hall–Kier alpha value is -4.32. The van der Waals surface area contributed by atoms with Crippen LogP contribution in [0.3, 0.4) is 0 Å². The van der Waals surface area contributed by atoms with Crippen LogP contribution in [0.15, 0.2) is 59.4 Å². The second kappa shape index (κ2) is 8.17. The molecule has 1 atom stereocenters. The van der Waals surface area contributed by atoms with E-state index in [-0.39, 0.29) is 11.4 Å². The lowest BCUT2D eigenvalue weighted by molar-refractivity contribution is -0.179. The molecule has 1 aliphatic rings. The number of rotatable bonds is 5. The predicted octanol–water partition coefficient (Wildman–Crippen LogP) is 2.94. The van der Waals surface area contributed by atoms with Crippen molar-refractivity contribution >= 4 is 17.5 Å². The highest BCUT2D eigenvalue weighted by Gasteiger charge is 2.68. The minimum atomic E-state index is -3.75. The lowest BCUT2D eigenvalue weighted by atomic mass is 9.95. The van der Waals surface area contributed by atoms with Crippen LogP contribution in [-0.4, -0.2) is 60.5 Å². The predicted molar refractivity (Wildman–Crippen MR) is 119 cm³/mol. The number of likely N-dealkylation sites (tertiary alicyclic amines) is 1. The molecular formula is C23H19F2N7O3. The average molecular weight is 479 g/mol. The van der Waals surface area contributed by atoms with Crippen LogP contribution in [-0.2, 0) is 10.4 Å². The van der Waals surface area contributed by atoms with E-state index in [1.165, 1.54) is 7.05 Å². The van der Waals surface area contributed by atoms with Crippen molar-refractivity contribution in [1.29, 1.82) is 0 Å². The standard InChI is InChI=1S/C23H19F2N7O3/c1-13-10-14(6-8-26-13)28-21-27-9-7-17(30-21)15-4-3-5-16(29-15)18-11-19(35-31-18)23(34)20(33)32(2)12-22(23,24)25/h3-11,34H,12H2,1-2H3,(H,26,27,28,30). The zero-order valence-corrected chi connectivity index (χ0v) is 18.6. The Morgan fingerprint density at radius 3 is 2.46 bits per heavy atom. The van der Waals surface area contributed by atoms with E-state index in [0.29, 0.717) is 17.3 Å². The van der Waals surface area contributed by atoms with E-state index in [4.69, 9.17) is 4.52 Å². The van der Waals surface area contributed by atoms with Crippen molar-refractivity contribution in [2.45, 2.75) is 18.4 Å². The first kappa shape index (κ1) is 22.5. The summed E-state index contributed by atoms with van der Waals surface area (Å²) in [6, 6.07) is 11.4. The number of halogens is 2. The van der Waals surface area contributed by atoms with E-state index in [1.807, 2.05) is 13.0 Å². The molecule has 1 aliphatic heterocycles. The third-order valence-electron chi connectivity index (χ3n) is 5.57. The molecule has 178 valence electrons. The van der Waals surface area contributed by atoms with Gasteiger partial charge in [-0.3, -0.25) is 9.78 Å². The van der Waals surface area contributed by atoms with Gasteiger partial charge in [0.2, 0.25) is 5.95 Å². The number of nitrogens with zero attached hydrogens (tertiary/aromatic N) is 6. The maximum Gasteiger partial charge on any atom is 0.309 e. The van der Waals surface area contributed by atoms with E-state index >= 15 is 0 Å². The molecule has 0 saturated carbocycles. The number of pyridine rings is 2. The van der Waals surface area contributed by atoms with E-state index in [1.54, 1.807) is 42.7 Å². The normalized spacial score (nSPS) is 19.2. The van der Waals surface area contributed by atoms with Crippen molar-refractivity contribution in [3.05, 3.63) is 66.3 Å². The van der Waals surface area contributed by atoms with Gasteiger partial charge in [-0.05, 0) is 37.3 Å². The number of hydrogen-bond acceptors (Lipinski definition) is 9. The van der Waals surface area contributed by atoms with Gasteiger partial charge in [-0.2, -0.15) is 0 Å². The molecule has 1 saturated heterocycles. The lowest BCUT2D eigenvalue weighted by Gasteiger charge is -2.22. The largest absolute Gasteiger partial charge is 0.368 e. The summed E-state index contributed by atoms with van der Waals surface area (Å²) in [6.07, 6.45) is 3.24. The van der Waals surface area contributed by atoms with Crippen molar-refractivity contribution < 1.29 is 23.2 Å². The molecule has 1 amide bonds. The number of nitrogens with one attached hydrogen (secondary N) is 1. The van der Waals surface area contributed by atoms with Crippen LogP contribution < -0.4 is 5.32 Å². The molecule has 4 aromatic heterocycles. The van der Waals surface area contributed by atoms with Gasteiger partial charge in [0.05, 0.1) is 23.6 Å². The fourth-order valence-corrected chi connectivity index (χ4v) is 3.80. The molecule has 12 heteroatoms. The molecule has 2 N–H and O–H groups in total. The Morgan fingerprint density at radius 1 is 1.03 bits per heavy atom. The SMILES string of the molecule is Cc1cc(Nc2nccc(-c3cccc(-c4cc(C5(O)C(=O)N(C)CC5(F)F)on4)n3)n2)ccn1. The highest BCUT2D eigenvalue weighted by molar-refractivity contribution is 5.89. The summed E-state index contributed by atoms with van der Waals surface area (Å²) >= 11 is 0. The lowest BCUT2D eigenvalue weighted by Crippen LogP contribution is -2.46. The van der Waals surface area contributed by atoms with Gasteiger partial charge in [0.1, 0.15) is 5.69 Å². The molecule has 4 aromatic rings. The fourth-order valence-electron chi connectivity index (χ4n) is 3.80. The van der Waals surface area contributed by atoms with Crippen molar-refractivity contribution in [3.63, 3.8) is 0 Å². The monoisotopic (exact) mass is 479 g/mol. The molecule has 35 heavy (non-hydrogen) atoms. The van der Waals surface area contributed by atoms with Gasteiger partial charge in [0.25, 0.3) is 11.5 Å². The summed E-state index contributed by atoms with van der Waals surface area (Å²) < 4.78 is 33.9. The van der Waals surface area contributed by atoms with Crippen LogP contribution in [0.4, 0.5) is 20.4 Å². The third-order valence-corrected chi connectivity index (χ3v) is 5.57. The Morgan fingerprint density at radius 2 is 1.74 bits per heavy atom. The van der Waals surface area contributed by atoms with Crippen LogP contribution in [0, 0.1) is 6.92 Å². The highest BCUT2D eigenvalue weighted by Crippen LogP contribution is 2.45. The van der Waals surface area contributed by atoms with Gasteiger partial charge in [-0.25, -0.2) is 23.7 Å². The first-order chi connectivity index (χ1) is 16.7. The molecular weight excluding hydrogens is 460 g/mol. The van der Waals surface area contributed by atoms with E-state index in [0.717, 1.165) is 22.3 Å². The van der Waals surface area contributed by atoms with E-state index in [2.05, 4.69) is 30.4 Å². The van der Waals surface area contributed by atoms with Gasteiger partial charge >= 0.3 is 5.92 Å². The molecule has 0 radical (unpaired) electrons. The number of amides is 1. The molecule has 0 bridgehead atoms. The van der Waals surface area contributed by atoms with Crippen LogP contribution >= 0.6 is 0 Å². The molecule has 5 rings (SSSR count). The minimum absolute atomic E-state index is 0.0769. The van der Waals surface area contributed by atoms with Gasteiger partial charge < -0.3 is 19.8 Å². The Kier molecular flexibility index (Phi) is 5.24. The first-order valence-corrected chi connectivity index (χ1v) is 10.5. The van der Waals surface area contributed by atoms with Crippen molar-refractivity contribution in [1.82, 2.24) is 30.0 Å². The number of aromatic nitrogens is 5. The average Bonchev–Trinajstić information content (AvgIpc) is 3.39. The maximum absolute atomic E-state index is 14.5. The van der Waals surface area contributed by atoms with Crippen LogP contribution in [0.25, 0.3) is 22.8 Å². The highest BCUT2D eigenvalue weighted by atomic mass is 19.3. The summed E-state index contributed by atoms with van der Waals surface area (Å²) in [5, 5.41) is 17.4. The number of likely N-dealkylation sites (N-methyl/N-ethyl adjacent to an activating group) is 1. The van der Waals surface area contributed by atoms with Crippen molar-refractivity contribution in [3.8, 4) is 22.8 Å². The summed E-state index contributed by atoms with van der Waals surface area (Å²) in [4.78, 5) is 30.4. The van der Waals surface area contributed by atoms with E-state index in [9.17, 15) is 18.7 Å². The van der Waals surface area contributed by atoms with Crippen LogP contribution in [0.2, 0.25) is 0 Å². The number of aliphatic hydroxyl groups is 1. The maximum atomic E-state index is 14.5. The fraction of sp³-hybridized carbons (Fsp3) is 0.217. The number of aryl methyl sites for hydroxylation is 1. The zero-order chi connectivity index (χ0) is 24.8. The molecule has 1 unspecified atom stereocenters. The first-order valence-electron chi connectivity index (χ1n) is 10.5. The number of hydrogen-bond donors (Lipinski definition) is 2. The Balaban J connectivity index is 1.44. The third kappa shape index (κ3) is 3.87. The summed E-state index contributed by atoms with van der Waals surface area (Å²) in [6.45, 7) is 0.934. The summed E-state index contributed by atoms with van der Waals surface area (Å²) in [5.74, 6) is -5.22. The minimum Gasteiger partial charge on any atom is -0.368 e. The second-order valence-corrected chi connectivity index (χ2v) is 8.14. The van der Waals surface area contributed by atoms with E-state index < -0.39 is 29.7 Å². The summed E-state index contributed by atoms with van der Waals surface area (Å²) in [7, 11) is 1.18. The van der Waals surface area contributed by atoms with Gasteiger partial charge in [0.15, 0.2) is 5.76 Å². The smallest absolute Gasteiger partial charge is 0.309 e. The Bertz CT molecular complexity index is 1430. The molecule has 0 aromatic carbocycles. The van der Waals surface area contributed by atoms with Crippen molar-refractivity contribution in [2.75, 3.05) is 18.9 Å². The second-order valence-electron chi connectivity index (χ2n) is 8.14. The quantitative estimate of drug-likeness (QED) is 0.444. The molecule has 10 nitrogen and oxygen atoms in total. The van der Waals surface area contributed by atoms with Gasteiger partial charge in [0, 0.05) is 36.9 Å². The Labute approximate surface area is 197 Å². The topological polar surface area (TPSA) is 130 Å². The molecule has 1 fully saturated rings. The zero-order valence-electron chi connectivity index (χ0n) is 18.6. The molecule has 5 heterocycles. The molecule has 0 aliphatic carbocycles. The van der Waals surface area contributed by atoms with Crippen LogP contribution in [0.5, 0.6) is 0 Å². The summed E-state index contributed by atoms with van der Waals surface area (Å²) in [5.41, 5.74) is -0.215. The number of anilines is 2.